The Labute approximate surface area is 107 Å². The maximum Gasteiger partial charge on any atom is 0.147 e. The van der Waals surface area contributed by atoms with Crippen LogP contribution >= 0.6 is 0 Å². The summed E-state index contributed by atoms with van der Waals surface area (Å²) in [4.78, 5) is 14.8. The standard InChI is InChI=1S/C13H17N5/c1-14-7-12-8-17-13(9-16-12)18(2)10-11-3-5-15-6-4-11/h3-6,8-9,14H,7,10H2,1-2H3. The predicted molar refractivity (Wildman–Crippen MR) is 71.1 cm³/mol. The molecule has 2 aromatic rings. The molecule has 5 heteroatoms. The molecule has 0 saturated heterocycles. The number of nitrogens with one attached hydrogen (secondary N) is 1. The number of anilines is 1. The first-order valence-electron chi connectivity index (χ1n) is 5.85. The lowest BCUT2D eigenvalue weighted by molar-refractivity contribution is 0.779. The highest BCUT2D eigenvalue weighted by Crippen LogP contribution is 2.10. The molecule has 0 saturated carbocycles. The van der Waals surface area contributed by atoms with Gasteiger partial charge in [0.1, 0.15) is 5.82 Å². The molecule has 0 aliphatic heterocycles. The van der Waals surface area contributed by atoms with Crippen LogP contribution in [0.15, 0.2) is 36.9 Å². The van der Waals surface area contributed by atoms with Gasteiger partial charge in [0.2, 0.25) is 0 Å². The lowest BCUT2D eigenvalue weighted by Gasteiger charge is -2.17. The molecule has 2 aromatic heterocycles. The van der Waals surface area contributed by atoms with E-state index in [0.717, 1.165) is 24.6 Å². The second-order valence-electron chi connectivity index (χ2n) is 4.11. The Balaban J connectivity index is 2.02. The number of hydrogen-bond donors (Lipinski definition) is 1. The van der Waals surface area contributed by atoms with Crippen LogP contribution in [0.25, 0.3) is 0 Å². The van der Waals surface area contributed by atoms with Crippen LogP contribution in [-0.2, 0) is 13.1 Å². The maximum atomic E-state index is 4.40. The van der Waals surface area contributed by atoms with E-state index >= 15 is 0 Å². The molecule has 2 heterocycles. The Morgan fingerprint density at radius 1 is 1.17 bits per heavy atom. The number of hydrogen-bond acceptors (Lipinski definition) is 5. The summed E-state index contributed by atoms with van der Waals surface area (Å²) in [5.74, 6) is 0.867. The molecule has 0 amide bonds. The van der Waals surface area contributed by atoms with Crippen LogP contribution < -0.4 is 10.2 Å². The van der Waals surface area contributed by atoms with Crippen LogP contribution in [0, 0.1) is 0 Å². The molecule has 0 unspecified atom stereocenters. The van der Waals surface area contributed by atoms with Crippen LogP contribution in [0.3, 0.4) is 0 Å². The van der Waals surface area contributed by atoms with E-state index in [1.807, 2.05) is 26.2 Å². The van der Waals surface area contributed by atoms with Gasteiger partial charge in [-0.05, 0) is 24.7 Å². The first-order valence-corrected chi connectivity index (χ1v) is 5.85. The van der Waals surface area contributed by atoms with Gasteiger partial charge in [0.15, 0.2) is 0 Å². The van der Waals surface area contributed by atoms with Gasteiger partial charge in [-0.2, -0.15) is 0 Å². The number of aromatic nitrogens is 3. The van der Waals surface area contributed by atoms with Crippen molar-refractivity contribution in [1.82, 2.24) is 20.3 Å². The van der Waals surface area contributed by atoms with Crippen molar-refractivity contribution in [3.63, 3.8) is 0 Å². The van der Waals surface area contributed by atoms with Gasteiger partial charge in [0.05, 0.1) is 18.1 Å². The summed E-state index contributed by atoms with van der Waals surface area (Å²) in [7, 11) is 3.90. The number of rotatable bonds is 5. The van der Waals surface area contributed by atoms with Gasteiger partial charge in [0.25, 0.3) is 0 Å². The van der Waals surface area contributed by atoms with Gasteiger partial charge >= 0.3 is 0 Å². The van der Waals surface area contributed by atoms with E-state index in [9.17, 15) is 0 Å². The molecule has 18 heavy (non-hydrogen) atoms. The van der Waals surface area contributed by atoms with Gasteiger partial charge in [-0.25, -0.2) is 4.98 Å². The highest BCUT2D eigenvalue weighted by molar-refractivity contribution is 5.35. The van der Waals surface area contributed by atoms with E-state index in [-0.39, 0.29) is 0 Å². The fraction of sp³-hybridized carbons (Fsp3) is 0.308. The van der Waals surface area contributed by atoms with Crippen molar-refractivity contribution >= 4 is 5.82 Å². The molecule has 0 aromatic carbocycles. The minimum atomic E-state index is 0.737. The fourth-order valence-corrected chi connectivity index (χ4v) is 1.66. The Morgan fingerprint density at radius 2 is 1.94 bits per heavy atom. The van der Waals surface area contributed by atoms with E-state index in [2.05, 4.69) is 25.2 Å². The van der Waals surface area contributed by atoms with Crippen LogP contribution in [0.1, 0.15) is 11.3 Å². The lowest BCUT2D eigenvalue weighted by Crippen LogP contribution is -2.18. The number of pyridine rings is 1. The predicted octanol–water partition coefficient (Wildman–Crippen LogP) is 1.23. The SMILES string of the molecule is CNCc1cnc(N(C)Cc2ccncc2)cn1. The second kappa shape index (κ2) is 6.07. The van der Waals surface area contributed by atoms with E-state index in [0.29, 0.717) is 0 Å². The molecule has 5 nitrogen and oxygen atoms in total. The van der Waals surface area contributed by atoms with Gasteiger partial charge in [-0.1, -0.05) is 0 Å². The summed E-state index contributed by atoms with van der Waals surface area (Å²) in [6.45, 7) is 1.53. The monoisotopic (exact) mass is 243 g/mol. The maximum absolute atomic E-state index is 4.40. The smallest absolute Gasteiger partial charge is 0.147 e. The molecule has 2 rings (SSSR count). The molecule has 0 bridgehead atoms. The molecular formula is C13H17N5. The van der Waals surface area contributed by atoms with Crippen molar-refractivity contribution < 1.29 is 0 Å². The van der Waals surface area contributed by atoms with Crippen LogP contribution in [0.4, 0.5) is 5.82 Å². The topological polar surface area (TPSA) is 53.9 Å². The minimum Gasteiger partial charge on any atom is -0.354 e. The molecule has 1 N–H and O–H groups in total. The van der Waals surface area contributed by atoms with Gasteiger partial charge in [-0.15, -0.1) is 0 Å². The molecule has 0 spiro atoms. The quantitative estimate of drug-likeness (QED) is 0.856. The van der Waals surface area contributed by atoms with E-state index < -0.39 is 0 Å². The molecule has 0 aliphatic rings. The third-order valence-electron chi connectivity index (χ3n) is 2.61. The normalized spacial score (nSPS) is 10.3. The average Bonchev–Trinajstić information content (AvgIpc) is 2.41. The Hall–Kier alpha value is -2.01. The zero-order valence-electron chi connectivity index (χ0n) is 10.7. The zero-order valence-corrected chi connectivity index (χ0v) is 10.7. The molecule has 0 aliphatic carbocycles. The van der Waals surface area contributed by atoms with Crippen LogP contribution in [0.5, 0.6) is 0 Å². The van der Waals surface area contributed by atoms with Crippen molar-refractivity contribution in [3.8, 4) is 0 Å². The largest absolute Gasteiger partial charge is 0.354 e. The summed E-state index contributed by atoms with van der Waals surface area (Å²) >= 11 is 0. The van der Waals surface area contributed by atoms with Crippen LogP contribution in [0.2, 0.25) is 0 Å². The second-order valence-corrected chi connectivity index (χ2v) is 4.11. The van der Waals surface area contributed by atoms with Crippen molar-refractivity contribution in [2.24, 2.45) is 0 Å². The summed E-state index contributed by atoms with van der Waals surface area (Å²) in [6.07, 6.45) is 7.19. The lowest BCUT2D eigenvalue weighted by atomic mass is 10.2. The van der Waals surface area contributed by atoms with Crippen molar-refractivity contribution in [2.45, 2.75) is 13.1 Å². The van der Waals surface area contributed by atoms with E-state index in [1.165, 1.54) is 5.56 Å². The molecule has 0 fully saturated rings. The van der Waals surface area contributed by atoms with Gasteiger partial charge < -0.3 is 10.2 Å². The zero-order chi connectivity index (χ0) is 12.8. The average molecular weight is 243 g/mol. The Kier molecular flexibility index (Phi) is 4.20. The summed E-state index contributed by atoms with van der Waals surface area (Å²) in [6, 6.07) is 4.00. The first-order chi connectivity index (χ1) is 8.79. The highest BCUT2D eigenvalue weighted by Gasteiger charge is 2.04. The third-order valence-corrected chi connectivity index (χ3v) is 2.61. The first kappa shape index (κ1) is 12.4. The molecule has 0 atom stereocenters. The van der Waals surface area contributed by atoms with Gasteiger partial charge in [0, 0.05) is 32.5 Å². The summed E-state index contributed by atoms with van der Waals surface area (Å²) in [5.41, 5.74) is 2.15. The van der Waals surface area contributed by atoms with Crippen molar-refractivity contribution in [1.29, 1.82) is 0 Å². The van der Waals surface area contributed by atoms with Crippen LogP contribution in [-0.4, -0.2) is 29.0 Å². The minimum absolute atomic E-state index is 0.737. The van der Waals surface area contributed by atoms with E-state index in [1.54, 1.807) is 24.8 Å². The molecular weight excluding hydrogens is 226 g/mol. The molecule has 94 valence electrons. The highest BCUT2D eigenvalue weighted by atomic mass is 15.2. The summed E-state index contributed by atoms with van der Waals surface area (Å²) < 4.78 is 0. The fourth-order valence-electron chi connectivity index (χ4n) is 1.66. The van der Waals surface area contributed by atoms with Crippen molar-refractivity contribution in [2.75, 3.05) is 19.0 Å². The third kappa shape index (κ3) is 3.24. The van der Waals surface area contributed by atoms with Gasteiger partial charge in [-0.3, -0.25) is 9.97 Å². The summed E-state index contributed by atoms with van der Waals surface area (Å²) in [5, 5.41) is 3.05. The Morgan fingerprint density at radius 3 is 2.56 bits per heavy atom. The Bertz CT molecular complexity index is 469. The van der Waals surface area contributed by atoms with Crippen molar-refractivity contribution in [3.05, 3.63) is 48.2 Å². The molecule has 0 radical (unpaired) electrons. The van der Waals surface area contributed by atoms with E-state index in [4.69, 9.17) is 0 Å². The number of nitrogens with zero attached hydrogens (tertiary/aromatic N) is 4.